The van der Waals surface area contributed by atoms with Crippen molar-refractivity contribution in [3.8, 4) is 6.07 Å². The van der Waals surface area contributed by atoms with Gasteiger partial charge < -0.3 is 10.4 Å². The summed E-state index contributed by atoms with van der Waals surface area (Å²) in [5.41, 5.74) is 1.17. The summed E-state index contributed by atoms with van der Waals surface area (Å²) in [6, 6.07) is 11.8. The van der Waals surface area contributed by atoms with E-state index in [4.69, 9.17) is 0 Å². The Balaban J connectivity index is 1.70. The van der Waals surface area contributed by atoms with E-state index in [9.17, 15) is 10.4 Å². The Kier molecular flexibility index (Phi) is 2.89. The Morgan fingerprint density at radius 2 is 1.81 bits per heavy atom. The van der Waals surface area contributed by atoms with Gasteiger partial charge in [0.25, 0.3) is 0 Å². The zero-order valence-electron chi connectivity index (χ0n) is 12.3. The van der Waals surface area contributed by atoms with Crippen molar-refractivity contribution in [2.45, 2.75) is 62.6 Å². The van der Waals surface area contributed by atoms with Crippen LogP contribution in [0, 0.1) is 16.7 Å². The highest BCUT2D eigenvalue weighted by Gasteiger charge is 2.56. The topological polar surface area (TPSA) is 56.0 Å². The van der Waals surface area contributed by atoms with Crippen LogP contribution in [0.15, 0.2) is 24.3 Å². The maximum absolute atomic E-state index is 11.4. The number of fused-ring (bicyclic) bond motifs is 3. The van der Waals surface area contributed by atoms with Gasteiger partial charge in [-0.3, -0.25) is 0 Å². The van der Waals surface area contributed by atoms with Crippen molar-refractivity contribution in [1.82, 2.24) is 5.32 Å². The lowest BCUT2D eigenvalue weighted by Gasteiger charge is -2.49. The normalized spacial score (nSPS) is 41.3. The minimum absolute atomic E-state index is 0.399. The summed E-state index contributed by atoms with van der Waals surface area (Å²) < 4.78 is 0. The van der Waals surface area contributed by atoms with Crippen molar-refractivity contribution < 1.29 is 5.11 Å². The molecular weight excluding hydrogens is 260 g/mol. The first-order valence-corrected chi connectivity index (χ1v) is 8.11. The lowest BCUT2D eigenvalue weighted by molar-refractivity contribution is -0.0951. The van der Waals surface area contributed by atoms with Crippen molar-refractivity contribution in [1.29, 1.82) is 5.26 Å². The van der Waals surface area contributed by atoms with Crippen LogP contribution in [-0.2, 0) is 12.8 Å². The Morgan fingerprint density at radius 3 is 2.48 bits per heavy atom. The van der Waals surface area contributed by atoms with E-state index in [-0.39, 0.29) is 0 Å². The Labute approximate surface area is 126 Å². The smallest absolute Gasteiger partial charge is 0.0904 e. The fourth-order valence-electron chi connectivity index (χ4n) is 4.85. The van der Waals surface area contributed by atoms with Crippen molar-refractivity contribution in [2.75, 3.05) is 0 Å². The third-order valence-electron chi connectivity index (χ3n) is 6.04. The van der Waals surface area contributed by atoms with E-state index in [0.29, 0.717) is 18.5 Å². The van der Waals surface area contributed by atoms with Gasteiger partial charge in [0.2, 0.25) is 0 Å². The molecule has 2 fully saturated rings. The molecule has 3 atom stereocenters. The number of nitrogens with one attached hydrogen (secondary N) is 1. The zero-order chi connectivity index (χ0) is 14.5. The molecule has 1 aromatic carbocycles. The quantitative estimate of drug-likeness (QED) is 0.831. The average Bonchev–Trinajstić information content (AvgIpc) is 2.86. The van der Waals surface area contributed by atoms with Gasteiger partial charge in [-0.25, -0.2) is 0 Å². The van der Waals surface area contributed by atoms with Crippen molar-refractivity contribution in [3.63, 3.8) is 0 Å². The first kappa shape index (κ1) is 13.3. The second-order valence-electron chi connectivity index (χ2n) is 7.22. The van der Waals surface area contributed by atoms with Crippen molar-refractivity contribution in [3.05, 3.63) is 35.4 Å². The lowest BCUT2D eigenvalue weighted by atomic mass is 9.59. The first-order chi connectivity index (χ1) is 10.1. The summed E-state index contributed by atoms with van der Waals surface area (Å²) in [6.07, 6.45) is 6.16. The maximum atomic E-state index is 11.4. The van der Waals surface area contributed by atoms with Crippen LogP contribution >= 0.6 is 0 Å². The molecule has 2 aliphatic heterocycles. The Bertz CT molecular complexity index is 593. The van der Waals surface area contributed by atoms with E-state index in [0.717, 1.165) is 38.5 Å². The van der Waals surface area contributed by atoms with Crippen LogP contribution in [0.25, 0.3) is 0 Å². The largest absolute Gasteiger partial charge is 0.388 e. The van der Waals surface area contributed by atoms with Crippen LogP contribution in [0.3, 0.4) is 0 Å². The Hall–Kier alpha value is -1.37. The van der Waals surface area contributed by atoms with Crippen LogP contribution in [0.4, 0.5) is 0 Å². The molecule has 0 saturated carbocycles. The third kappa shape index (κ3) is 1.93. The van der Waals surface area contributed by atoms with Gasteiger partial charge in [0.15, 0.2) is 0 Å². The van der Waals surface area contributed by atoms with Gasteiger partial charge in [-0.05, 0) is 56.1 Å². The summed E-state index contributed by atoms with van der Waals surface area (Å²) in [5, 5.41) is 24.9. The van der Waals surface area contributed by atoms with E-state index in [1.807, 2.05) is 6.07 Å². The maximum Gasteiger partial charge on any atom is 0.0904 e. The van der Waals surface area contributed by atoms with Gasteiger partial charge in [0.1, 0.15) is 0 Å². The first-order valence-electron chi connectivity index (χ1n) is 8.11. The molecule has 1 aromatic rings. The molecule has 2 saturated heterocycles. The van der Waals surface area contributed by atoms with Crippen LogP contribution < -0.4 is 5.32 Å². The minimum Gasteiger partial charge on any atom is -0.388 e. The fraction of sp³-hybridized carbons (Fsp3) is 0.611. The molecule has 3 heteroatoms. The molecule has 3 unspecified atom stereocenters. The predicted molar refractivity (Wildman–Crippen MR) is 80.6 cm³/mol. The molecule has 2 bridgehead atoms. The number of rotatable bonds is 1. The second kappa shape index (κ2) is 4.56. The Morgan fingerprint density at radius 1 is 1.14 bits per heavy atom. The summed E-state index contributed by atoms with van der Waals surface area (Å²) >= 11 is 0. The van der Waals surface area contributed by atoms with Crippen LogP contribution in [0.1, 0.15) is 43.2 Å². The van der Waals surface area contributed by atoms with Crippen LogP contribution in [0.2, 0.25) is 0 Å². The minimum atomic E-state index is -0.827. The highest BCUT2D eigenvalue weighted by atomic mass is 16.3. The second-order valence-corrected chi connectivity index (χ2v) is 7.22. The molecule has 0 spiro atoms. The summed E-state index contributed by atoms with van der Waals surface area (Å²) in [5.74, 6) is 0. The summed E-state index contributed by atoms with van der Waals surface area (Å²) in [7, 11) is 0. The lowest BCUT2D eigenvalue weighted by Crippen LogP contribution is -2.59. The number of benzene rings is 1. The molecule has 110 valence electrons. The van der Waals surface area contributed by atoms with Crippen molar-refractivity contribution in [2.24, 2.45) is 5.41 Å². The molecule has 1 aliphatic carbocycles. The van der Waals surface area contributed by atoms with Gasteiger partial charge in [-0.2, -0.15) is 5.26 Å². The SMILES string of the molecule is N#CC1(C2(O)CC3CCC(C2)N3)CCc2ccccc2C1. The number of piperidine rings is 1. The van der Waals surface area contributed by atoms with Crippen LogP contribution in [-0.4, -0.2) is 22.8 Å². The third-order valence-corrected chi connectivity index (χ3v) is 6.04. The highest BCUT2D eigenvalue weighted by molar-refractivity contribution is 5.35. The predicted octanol–water partition coefficient (Wildman–Crippen LogP) is 2.33. The molecule has 0 aromatic heterocycles. The number of hydrogen-bond donors (Lipinski definition) is 2. The van der Waals surface area contributed by atoms with E-state index in [1.54, 1.807) is 0 Å². The molecule has 2 heterocycles. The molecule has 3 aliphatic rings. The monoisotopic (exact) mass is 282 g/mol. The standard InChI is InChI=1S/C18H22N2O/c19-12-17(8-7-13-3-1-2-4-14(13)9-17)18(21)10-15-5-6-16(11-18)20-15/h1-4,15-16,20-21H,5-11H2. The fourth-order valence-corrected chi connectivity index (χ4v) is 4.85. The summed E-state index contributed by atoms with van der Waals surface area (Å²) in [6.45, 7) is 0. The average molecular weight is 282 g/mol. The molecular formula is C18H22N2O. The molecule has 0 radical (unpaired) electrons. The van der Waals surface area contributed by atoms with Crippen molar-refractivity contribution >= 4 is 0 Å². The molecule has 0 amide bonds. The van der Waals surface area contributed by atoms with Gasteiger partial charge in [0, 0.05) is 12.1 Å². The molecule has 2 N–H and O–H groups in total. The number of hydrogen-bond acceptors (Lipinski definition) is 3. The van der Waals surface area contributed by atoms with E-state index in [1.165, 1.54) is 11.1 Å². The molecule has 21 heavy (non-hydrogen) atoms. The summed E-state index contributed by atoms with van der Waals surface area (Å²) in [4.78, 5) is 0. The number of nitrogens with zero attached hydrogens (tertiary/aromatic N) is 1. The van der Waals surface area contributed by atoms with Gasteiger partial charge >= 0.3 is 0 Å². The molecule has 4 rings (SSSR count). The zero-order valence-corrected chi connectivity index (χ0v) is 12.3. The van der Waals surface area contributed by atoms with E-state index >= 15 is 0 Å². The number of nitriles is 1. The van der Waals surface area contributed by atoms with E-state index in [2.05, 4.69) is 29.6 Å². The van der Waals surface area contributed by atoms with Crippen LogP contribution in [0.5, 0.6) is 0 Å². The van der Waals surface area contributed by atoms with Gasteiger partial charge in [-0.15, -0.1) is 0 Å². The highest BCUT2D eigenvalue weighted by Crippen LogP contribution is 2.50. The number of aryl methyl sites for hydroxylation is 1. The van der Waals surface area contributed by atoms with Gasteiger partial charge in [-0.1, -0.05) is 24.3 Å². The van der Waals surface area contributed by atoms with E-state index < -0.39 is 11.0 Å². The van der Waals surface area contributed by atoms with Gasteiger partial charge in [0.05, 0.1) is 17.1 Å². The number of aliphatic hydroxyl groups is 1. The molecule has 3 nitrogen and oxygen atoms in total.